The summed E-state index contributed by atoms with van der Waals surface area (Å²) in [6.45, 7) is 8.27. The Balaban J connectivity index is 2.06. The predicted molar refractivity (Wildman–Crippen MR) is 135 cm³/mol. The quantitative estimate of drug-likeness (QED) is 0.205. The summed E-state index contributed by atoms with van der Waals surface area (Å²) in [4.78, 5) is 0. The Kier molecular flexibility index (Phi) is 3.10. The van der Waals surface area contributed by atoms with Crippen LogP contribution in [0.5, 0.6) is 0 Å². The zero-order valence-electron chi connectivity index (χ0n) is 22.7. The van der Waals surface area contributed by atoms with Crippen LogP contribution in [0.4, 0.5) is 0 Å². The van der Waals surface area contributed by atoms with Crippen LogP contribution in [0.15, 0.2) is 60.7 Å². The van der Waals surface area contributed by atoms with Crippen LogP contribution in [0.1, 0.15) is 54.1 Å². The van der Waals surface area contributed by atoms with Gasteiger partial charge in [-0.25, -0.2) is 4.57 Å². The van der Waals surface area contributed by atoms with E-state index < -0.39 is 17.7 Å². The fourth-order valence-electron chi connectivity index (χ4n) is 6.02. The molecule has 0 aliphatic carbocycles. The first kappa shape index (κ1) is 16.5. The van der Waals surface area contributed by atoms with Gasteiger partial charge < -0.3 is 0 Å². The van der Waals surface area contributed by atoms with Crippen LogP contribution >= 0.6 is 0 Å². The van der Waals surface area contributed by atoms with Gasteiger partial charge in [-0.2, -0.15) is 4.40 Å². The summed E-state index contributed by atoms with van der Waals surface area (Å²) in [6.07, 6.45) is 0. The average Bonchev–Trinajstić information content (AvgIpc) is 3.11. The molecule has 0 fully saturated rings. The van der Waals surface area contributed by atoms with Gasteiger partial charge in [-0.1, -0.05) is 88.3 Å². The third-order valence-corrected chi connectivity index (χ3v) is 8.13. The molecule has 1 atom stereocenters. The summed E-state index contributed by atoms with van der Waals surface area (Å²) in [5.74, 6) is 0. The van der Waals surface area contributed by atoms with E-state index in [1.54, 1.807) is 0 Å². The van der Waals surface area contributed by atoms with Crippen LogP contribution in [0.3, 0.4) is 0 Å². The smallest absolute Gasteiger partial charge is 0.225 e. The van der Waals surface area contributed by atoms with Gasteiger partial charge in [0.05, 0.1) is 12.4 Å². The Bertz CT molecular complexity index is 1690. The molecule has 0 radical (unpaired) electrons. The lowest BCUT2D eigenvalue weighted by Crippen LogP contribution is -2.44. The van der Waals surface area contributed by atoms with E-state index in [2.05, 4.69) is 86.2 Å². The van der Waals surface area contributed by atoms with Crippen LogP contribution in [0.2, 0.25) is 0 Å². The maximum Gasteiger partial charge on any atom is 0.295 e. The van der Waals surface area contributed by atoms with Gasteiger partial charge in [0.1, 0.15) is 5.52 Å². The van der Waals surface area contributed by atoms with Crippen molar-refractivity contribution in [3.05, 3.63) is 83.0 Å². The number of aromatic nitrogens is 2. The second-order valence-electron chi connectivity index (χ2n) is 10.2. The van der Waals surface area contributed by atoms with Gasteiger partial charge in [-0.05, 0) is 25.0 Å². The third kappa shape index (κ3) is 2.09. The summed E-state index contributed by atoms with van der Waals surface area (Å²) in [5.41, 5.74) is 6.79. The first-order chi connectivity index (χ1) is 16.4. The van der Waals surface area contributed by atoms with Crippen molar-refractivity contribution in [1.82, 2.24) is 4.40 Å². The summed E-state index contributed by atoms with van der Waals surface area (Å²) >= 11 is 0. The monoisotopic (exact) mass is 422 g/mol. The largest absolute Gasteiger partial charge is 0.295 e. The molecule has 160 valence electrons. The van der Waals surface area contributed by atoms with Crippen molar-refractivity contribution in [2.45, 2.75) is 52.3 Å². The van der Waals surface area contributed by atoms with E-state index in [1.807, 2.05) is 25.1 Å². The van der Waals surface area contributed by atoms with E-state index in [0.29, 0.717) is 0 Å². The lowest BCUT2D eigenvalue weighted by Gasteiger charge is -2.43. The van der Waals surface area contributed by atoms with Gasteiger partial charge in [-0.15, -0.1) is 0 Å². The zero-order valence-corrected chi connectivity index (χ0v) is 19.7. The minimum Gasteiger partial charge on any atom is -0.225 e. The molecule has 0 amide bonds. The van der Waals surface area contributed by atoms with Crippen molar-refractivity contribution in [1.29, 1.82) is 0 Å². The Hall–Kier alpha value is -3.13. The van der Waals surface area contributed by atoms with Crippen molar-refractivity contribution >= 4 is 27.3 Å². The molecule has 3 aromatic carbocycles. The topological polar surface area (TPSA) is 8.29 Å². The highest BCUT2D eigenvalue weighted by atomic mass is 15.1. The fraction of sp³-hybridized carbons (Fsp3) is 0.300. The number of aryl methyl sites for hydroxylation is 3. The predicted octanol–water partition coefficient (Wildman–Crippen LogP) is 6.92. The second kappa shape index (κ2) is 6.01. The number of hydrogen-bond acceptors (Lipinski definition) is 0. The van der Waals surface area contributed by atoms with Gasteiger partial charge in [0.15, 0.2) is 11.4 Å². The summed E-state index contributed by atoms with van der Waals surface area (Å²) in [6, 6.07) is 21.1. The van der Waals surface area contributed by atoms with Gasteiger partial charge >= 0.3 is 0 Å². The molecule has 6 rings (SSSR count). The zero-order chi connectivity index (χ0) is 25.1. The van der Waals surface area contributed by atoms with Gasteiger partial charge in [0, 0.05) is 36.8 Å². The van der Waals surface area contributed by atoms with E-state index in [9.17, 15) is 0 Å². The average molecular weight is 423 g/mol. The first-order valence-corrected chi connectivity index (χ1v) is 11.4. The number of rotatable bonds is 1. The molecule has 2 nitrogen and oxygen atoms in total. The molecule has 0 saturated carbocycles. The molecule has 1 unspecified atom stereocenters. The maximum atomic E-state index is 8.90. The van der Waals surface area contributed by atoms with Crippen molar-refractivity contribution in [2.75, 3.05) is 0 Å². The van der Waals surface area contributed by atoms with E-state index in [0.717, 1.165) is 33.7 Å². The molecular weight excluding hydrogens is 388 g/mol. The molecule has 3 heterocycles. The summed E-state index contributed by atoms with van der Waals surface area (Å²) in [5, 5.41) is 3.61. The van der Waals surface area contributed by atoms with Crippen LogP contribution in [0, 0.1) is 13.8 Å². The number of fused-ring (bicyclic) bond motifs is 3. The fourth-order valence-corrected chi connectivity index (χ4v) is 6.02. The van der Waals surface area contributed by atoms with Crippen LogP contribution in [0.25, 0.3) is 38.6 Å². The molecule has 5 aromatic rings. The normalized spacial score (nSPS) is 21.2. The van der Waals surface area contributed by atoms with Crippen molar-refractivity contribution < 1.29 is 8.68 Å². The molecule has 1 aliphatic heterocycles. The Morgan fingerprint density at radius 3 is 2.25 bits per heavy atom. The number of hydrogen-bond donors (Lipinski definition) is 0. The van der Waals surface area contributed by atoms with E-state index in [1.165, 1.54) is 27.3 Å². The lowest BCUT2D eigenvalue weighted by atomic mass is 9.60. The molecular formula is C30H31N2+. The van der Waals surface area contributed by atoms with Gasteiger partial charge in [0.2, 0.25) is 0 Å². The maximum absolute atomic E-state index is 8.90. The first-order valence-electron chi connectivity index (χ1n) is 12.9. The number of imidazole rings is 1. The van der Waals surface area contributed by atoms with Crippen molar-refractivity contribution in [2.24, 2.45) is 7.05 Å². The molecule has 32 heavy (non-hydrogen) atoms. The Morgan fingerprint density at radius 2 is 1.53 bits per heavy atom. The summed E-state index contributed by atoms with van der Waals surface area (Å²) in [7, 11) is 2.09. The molecule has 0 saturated heterocycles. The van der Waals surface area contributed by atoms with E-state index in [4.69, 9.17) is 4.11 Å². The highest BCUT2D eigenvalue weighted by molar-refractivity contribution is 6.15. The SMILES string of the molecule is [2H]C([2H])([2H])C1(C)c2c(-c3ccccc3)[n+](C)c3c4c(C)cccc4c4c(C)ccc(c4n23)C1(C)C. The molecule has 1 aliphatic rings. The van der Waals surface area contributed by atoms with Gasteiger partial charge in [-0.3, -0.25) is 0 Å². The Labute approximate surface area is 194 Å². The molecule has 0 bridgehead atoms. The highest BCUT2D eigenvalue weighted by Crippen LogP contribution is 2.53. The van der Waals surface area contributed by atoms with Crippen LogP contribution in [-0.4, -0.2) is 4.40 Å². The van der Waals surface area contributed by atoms with Crippen LogP contribution in [-0.2, 0) is 17.9 Å². The highest BCUT2D eigenvalue weighted by Gasteiger charge is 2.52. The molecule has 2 aromatic heterocycles. The second-order valence-corrected chi connectivity index (χ2v) is 10.2. The molecule has 2 heteroatoms. The molecule has 0 spiro atoms. The standard InChI is InChI=1S/C30H31N2/c1-18-12-11-15-21-23-19(2)16-17-22-26(23)32-27(30(5,6)29(22,3)4)25(20-13-9-8-10-14-20)31(7)28(32)24(18)21/h8-17H,1-7H3/q+1/i5D3. The van der Waals surface area contributed by atoms with E-state index in [-0.39, 0.29) is 0 Å². The Morgan fingerprint density at radius 1 is 0.812 bits per heavy atom. The summed E-state index contributed by atoms with van der Waals surface area (Å²) < 4.78 is 31.2. The number of pyridine rings is 1. The van der Waals surface area contributed by atoms with Crippen LogP contribution < -0.4 is 4.57 Å². The minimum absolute atomic E-state index is 0.639. The number of nitrogens with zero attached hydrogens (tertiary/aromatic N) is 2. The van der Waals surface area contributed by atoms with Crippen molar-refractivity contribution in [3.8, 4) is 11.3 Å². The third-order valence-electron chi connectivity index (χ3n) is 8.13. The minimum atomic E-state index is -2.23. The molecule has 0 N–H and O–H groups in total. The lowest BCUT2D eigenvalue weighted by molar-refractivity contribution is -0.632. The van der Waals surface area contributed by atoms with E-state index >= 15 is 0 Å². The number of benzene rings is 3. The van der Waals surface area contributed by atoms with Crippen molar-refractivity contribution in [3.63, 3.8) is 0 Å². The van der Waals surface area contributed by atoms with Gasteiger partial charge in [0.25, 0.3) is 5.65 Å².